The molecule has 0 aromatic heterocycles. The quantitative estimate of drug-likeness (QED) is 0.871. The van der Waals surface area contributed by atoms with E-state index in [9.17, 15) is 9.90 Å². The van der Waals surface area contributed by atoms with Crippen molar-refractivity contribution in [2.24, 2.45) is 0 Å². The van der Waals surface area contributed by atoms with Crippen LogP contribution in [0.25, 0.3) is 0 Å². The Morgan fingerprint density at radius 1 is 1.20 bits per heavy atom. The predicted octanol–water partition coefficient (Wildman–Crippen LogP) is 1.62. The number of carbonyl (C=O) groups excluding carboxylic acids is 1. The Labute approximate surface area is 115 Å². The zero-order valence-corrected chi connectivity index (χ0v) is 10.8. The van der Waals surface area contributed by atoms with Crippen molar-refractivity contribution in [3.63, 3.8) is 0 Å². The van der Waals surface area contributed by atoms with Gasteiger partial charge in [-0.15, -0.1) is 0 Å². The Morgan fingerprint density at radius 3 is 2.65 bits per heavy atom. The Hall–Kier alpha value is -2.53. The first kappa shape index (κ1) is 12.5. The highest BCUT2D eigenvalue weighted by Gasteiger charge is 2.39. The zero-order chi connectivity index (χ0) is 14.2. The van der Waals surface area contributed by atoms with Gasteiger partial charge >= 0.3 is 5.91 Å². The maximum Gasteiger partial charge on any atom is 0.320 e. The monoisotopic (exact) mass is 271 g/mol. The molecule has 0 bridgehead atoms. The Morgan fingerprint density at radius 2 is 1.95 bits per heavy atom. The zero-order valence-electron chi connectivity index (χ0n) is 10.8. The summed E-state index contributed by atoms with van der Waals surface area (Å²) >= 11 is 0. The number of rotatable bonds is 2. The summed E-state index contributed by atoms with van der Waals surface area (Å²) in [5, 5.41) is 13.0. The fraction of sp³-hybridized carbons (Fsp3) is 0.133. The third-order valence-electron chi connectivity index (χ3n) is 3.14. The first-order valence-corrected chi connectivity index (χ1v) is 6.10. The van der Waals surface area contributed by atoms with Crippen molar-refractivity contribution < 1.29 is 19.4 Å². The van der Waals surface area contributed by atoms with Crippen molar-refractivity contribution in [1.82, 2.24) is 5.32 Å². The highest BCUT2D eigenvalue weighted by Crippen LogP contribution is 2.34. The predicted molar refractivity (Wildman–Crippen MR) is 71.4 cm³/mol. The van der Waals surface area contributed by atoms with Crippen molar-refractivity contribution in [2.45, 2.75) is 5.91 Å². The molecule has 5 heteroatoms. The third-order valence-corrected chi connectivity index (χ3v) is 3.14. The normalized spacial score (nSPS) is 20.6. The van der Waals surface area contributed by atoms with Crippen molar-refractivity contribution in [2.75, 3.05) is 7.11 Å². The second-order valence-corrected chi connectivity index (χ2v) is 4.43. The van der Waals surface area contributed by atoms with Crippen molar-refractivity contribution >= 4 is 5.91 Å². The highest BCUT2D eigenvalue weighted by atomic mass is 16.6. The minimum absolute atomic E-state index is 0.277. The minimum Gasteiger partial charge on any atom is -0.497 e. The van der Waals surface area contributed by atoms with Crippen LogP contribution in [0.3, 0.4) is 0 Å². The van der Waals surface area contributed by atoms with Gasteiger partial charge in [0.1, 0.15) is 11.5 Å². The molecule has 0 saturated heterocycles. The summed E-state index contributed by atoms with van der Waals surface area (Å²) in [5.41, 5.74) is 0.799. The minimum atomic E-state index is -1.88. The Kier molecular flexibility index (Phi) is 2.84. The molecule has 102 valence electrons. The second kappa shape index (κ2) is 4.54. The van der Waals surface area contributed by atoms with Crippen LogP contribution in [0.4, 0.5) is 0 Å². The summed E-state index contributed by atoms with van der Waals surface area (Å²) < 4.78 is 10.7. The molecule has 1 atom stereocenters. The number of ether oxygens (including phenoxy) is 2. The van der Waals surface area contributed by atoms with Gasteiger partial charge in [-0.2, -0.15) is 0 Å². The molecule has 1 amide bonds. The molecule has 2 N–H and O–H groups in total. The van der Waals surface area contributed by atoms with E-state index < -0.39 is 11.8 Å². The average Bonchev–Trinajstić information content (AvgIpc) is 2.47. The van der Waals surface area contributed by atoms with Crippen LogP contribution >= 0.6 is 0 Å². The van der Waals surface area contributed by atoms with E-state index in [1.807, 2.05) is 6.07 Å². The van der Waals surface area contributed by atoms with Gasteiger partial charge in [0.15, 0.2) is 0 Å². The summed E-state index contributed by atoms with van der Waals surface area (Å²) in [5.74, 6) is -1.45. The SMILES string of the molecule is COc1ccc2c(c1)OC(O)(c1ccccc1)NC2=O. The smallest absolute Gasteiger partial charge is 0.320 e. The summed E-state index contributed by atoms with van der Waals surface area (Å²) in [6.45, 7) is 0. The lowest BCUT2D eigenvalue weighted by molar-refractivity contribution is -0.167. The van der Waals surface area contributed by atoms with Crippen molar-refractivity contribution in [3.8, 4) is 11.5 Å². The first-order valence-electron chi connectivity index (χ1n) is 6.10. The van der Waals surface area contributed by atoms with Gasteiger partial charge in [-0.05, 0) is 12.1 Å². The lowest BCUT2D eigenvalue weighted by Crippen LogP contribution is -2.53. The number of hydrogen-bond acceptors (Lipinski definition) is 4. The molecule has 0 aliphatic carbocycles. The summed E-state index contributed by atoms with van der Waals surface area (Å²) in [7, 11) is 1.52. The Bertz CT molecular complexity index is 656. The summed E-state index contributed by atoms with van der Waals surface area (Å²) in [4.78, 5) is 12.1. The number of hydrogen-bond donors (Lipinski definition) is 2. The van der Waals surface area contributed by atoms with E-state index in [-0.39, 0.29) is 5.75 Å². The van der Waals surface area contributed by atoms with Crippen LogP contribution in [0.1, 0.15) is 15.9 Å². The summed E-state index contributed by atoms with van der Waals surface area (Å²) in [6.07, 6.45) is 0. The van der Waals surface area contributed by atoms with E-state index in [1.54, 1.807) is 42.5 Å². The lowest BCUT2D eigenvalue weighted by Gasteiger charge is -2.34. The van der Waals surface area contributed by atoms with E-state index in [1.165, 1.54) is 7.11 Å². The van der Waals surface area contributed by atoms with E-state index >= 15 is 0 Å². The van der Waals surface area contributed by atoms with E-state index in [2.05, 4.69) is 5.32 Å². The van der Waals surface area contributed by atoms with E-state index in [0.717, 1.165) is 0 Å². The number of nitrogens with one attached hydrogen (secondary N) is 1. The van der Waals surface area contributed by atoms with Gasteiger partial charge in [-0.1, -0.05) is 30.3 Å². The molecule has 20 heavy (non-hydrogen) atoms. The van der Waals surface area contributed by atoms with Gasteiger partial charge in [0.25, 0.3) is 5.91 Å². The van der Waals surface area contributed by atoms with Gasteiger partial charge in [0.05, 0.1) is 12.7 Å². The van der Waals surface area contributed by atoms with Crippen LogP contribution < -0.4 is 14.8 Å². The van der Waals surface area contributed by atoms with Crippen LogP contribution in [-0.4, -0.2) is 18.1 Å². The second-order valence-electron chi connectivity index (χ2n) is 4.43. The molecular weight excluding hydrogens is 258 g/mol. The molecule has 0 spiro atoms. The van der Waals surface area contributed by atoms with Gasteiger partial charge < -0.3 is 14.6 Å². The van der Waals surface area contributed by atoms with E-state index in [0.29, 0.717) is 16.9 Å². The van der Waals surface area contributed by atoms with Crippen LogP contribution in [0.5, 0.6) is 11.5 Å². The molecule has 0 fully saturated rings. The fourth-order valence-corrected chi connectivity index (χ4v) is 2.10. The van der Waals surface area contributed by atoms with E-state index in [4.69, 9.17) is 9.47 Å². The molecule has 1 heterocycles. The molecule has 0 saturated carbocycles. The molecule has 5 nitrogen and oxygen atoms in total. The van der Waals surface area contributed by atoms with Crippen LogP contribution in [0.15, 0.2) is 48.5 Å². The summed E-state index contributed by atoms with van der Waals surface area (Å²) in [6, 6.07) is 13.5. The number of benzene rings is 2. The average molecular weight is 271 g/mol. The number of carbonyl (C=O) groups is 1. The maximum absolute atomic E-state index is 12.1. The molecule has 1 aliphatic heterocycles. The molecule has 2 aromatic rings. The van der Waals surface area contributed by atoms with Gasteiger partial charge in [0, 0.05) is 11.6 Å². The number of fused-ring (bicyclic) bond motifs is 1. The number of amides is 1. The Balaban J connectivity index is 2.05. The highest BCUT2D eigenvalue weighted by molar-refractivity contribution is 5.98. The fourth-order valence-electron chi connectivity index (χ4n) is 2.10. The molecule has 0 radical (unpaired) electrons. The first-order chi connectivity index (χ1) is 9.62. The molecular formula is C15H13NO4. The lowest BCUT2D eigenvalue weighted by atomic mass is 10.1. The topological polar surface area (TPSA) is 67.8 Å². The molecule has 1 unspecified atom stereocenters. The molecule has 2 aromatic carbocycles. The van der Waals surface area contributed by atoms with Gasteiger partial charge in [-0.25, -0.2) is 0 Å². The number of aliphatic hydroxyl groups is 1. The van der Waals surface area contributed by atoms with Crippen molar-refractivity contribution in [1.29, 1.82) is 0 Å². The maximum atomic E-state index is 12.1. The largest absolute Gasteiger partial charge is 0.497 e. The molecule has 1 aliphatic rings. The standard InChI is InChI=1S/C15H13NO4/c1-19-11-7-8-12-13(9-11)20-15(18,16-14(12)17)10-5-3-2-4-6-10/h2-9,18H,1H3,(H,16,17). The van der Waals surface area contributed by atoms with Crippen molar-refractivity contribution in [3.05, 3.63) is 59.7 Å². The van der Waals surface area contributed by atoms with Gasteiger partial charge in [-0.3, -0.25) is 10.1 Å². The van der Waals surface area contributed by atoms with Crippen LogP contribution in [0, 0.1) is 0 Å². The molecule has 3 rings (SSSR count). The van der Waals surface area contributed by atoms with Crippen LogP contribution in [0.2, 0.25) is 0 Å². The van der Waals surface area contributed by atoms with Crippen LogP contribution in [-0.2, 0) is 5.91 Å². The third kappa shape index (κ3) is 1.98. The number of methoxy groups -OCH3 is 1. The van der Waals surface area contributed by atoms with Gasteiger partial charge in [0.2, 0.25) is 0 Å².